The van der Waals surface area contributed by atoms with Gasteiger partial charge in [-0.1, -0.05) is 6.07 Å². The van der Waals surface area contributed by atoms with Crippen molar-refractivity contribution in [2.75, 3.05) is 25.4 Å². The Morgan fingerprint density at radius 3 is 2.47 bits per heavy atom. The fourth-order valence-electron chi connectivity index (χ4n) is 1.72. The molecule has 94 valence electrons. The molecule has 0 bridgehead atoms. The minimum atomic E-state index is -0.0726. The fourth-order valence-corrected chi connectivity index (χ4v) is 1.72. The van der Waals surface area contributed by atoms with Crippen molar-refractivity contribution in [1.82, 2.24) is 4.90 Å². The number of carbonyl (C=O) groups is 1. The number of anilines is 1. The molecule has 0 aliphatic rings. The molecule has 0 radical (unpaired) electrons. The maximum absolute atomic E-state index is 12.3. The van der Waals surface area contributed by atoms with Gasteiger partial charge < -0.3 is 15.4 Å². The Bertz CT molecular complexity index is 387. The van der Waals surface area contributed by atoms with E-state index < -0.39 is 0 Å². The van der Waals surface area contributed by atoms with Crippen molar-refractivity contribution in [3.63, 3.8) is 0 Å². The van der Waals surface area contributed by atoms with Crippen molar-refractivity contribution in [3.05, 3.63) is 23.8 Å². The number of rotatable bonds is 5. The Hall–Kier alpha value is -1.71. The Kier molecular flexibility index (Phi) is 4.82. The van der Waals surface area contributed by atoms with Crippen molar-refractivity contribution in [3.8, 4) is 5.75 Å². The monoisotopic (exact) mass is 236 g/mol. The Morgan fingerprint density at radius 2 is 1.94 bits per heavy atom. The Morgan fingerprint density at radius 1 is 1.29 bits per heavy atom. The lowest BCUT2D eigenvalue weighted by atomic mass is 10.1. The zero-order chi connectivity index (χ0) is 12.8. The van der Waals surface area contributed by atoms with Crippen LogP contribution in [-0.2, 0) is 0 Å². The zero-order valence-electron chi connectivity index (χ0n) is 10.7. The molecule has 1 amide bonds. The van der Waals surface area contributed by atoms with Gasteiger partial charge in [0.2, 0.25) is 0 Å². The van der Waals surface area contributed by atoms with Crippen LogP contribution in [0.25, 0.3) is 0 Å². The van der Waals surface area contributed by atoms with Crippen LogP contribution in [0, 0.1) is 0 Å². The lowest BCUT2D eigenvalue weighted by molar-refractivity contribution is 0.0770. The van der Waals surface area contributed by atoms with Crippen molar-refractivity contribution in [1.29, 1.82) is 0 Å². The standard InChI is InChI=1S/C13H20N2O2/c1-4-15(5-2)13(16)12-10(14)8-7-9-11(12)17-6-3/h7-9H,4-6,14H2,1-3H3. The van der Waals surface area contributed by atoms with E-state index in [-0.39, 0.29) is 5.91 Å². The van der Waals surface area contributed by atoms with Gasteiger partial charge in [0.25, 0.3) is 5.91 Å². The third-order valence-corrected chi connectivity index (χ3v) is 2.62. The fraction of sp³-hybridized carbons (Fsp3) is 0.462. The molecule has 0 fully saturated rings. The maximum Gasteiger partial charge on any atom is 0.259 e. The molecule has 4 heteroatoms. The van der Waals surface area contributed by atoms with Crippen LogP contribution in [0.5, 0.6) is 5.75 Å². The summed E-state index contributed by atoms with van der Waals surface area (Å²) in [5.74, 6) is 0.487. The molecule has 0 aromatic heterocycles. The second-order valence-electron chi connectivity index (χ2n) is 3.63. The van der Waals surface area contributed by atoms with Gasteiger partial charge in [0, 0.05) is 18.8 Å². The topological polar surface area (TPSA) is 55.6 Å². The van der Waals surface area contributed by atoms with Crippen LogP contribution in [0.1, 0.15) is 31.1 Å². The summed E-state index contributed by atoms with van der Waals surface area (Å²) in [6.07, 6.45) is 0. The summed E-state index contributed by atoms with van der Waals surface area (Å²) in [6.45, 7) is 7.61. The van der Waals surface area contributed by atoms with Crippen molar-refractivity contribution < 1.29 is 9.53 Å². The van der Waals surface area contributed by atoms with Crippen LogP contribution in [0.4, 0.5) is 5.69 Å². The normalized spacial score (nSPS) is 10.1. The molecule has 1 rings (SSSR count). The third-order valence-electron chi connectivity index (χ3n) is 2.62. The van der Waals surface area contributed by atoms with Gasteiger partial charge >= 0.3 is 0 Å². The van der Waals surface area contributed by atoms with E-state index in [1.54, 1.807) is 23.1 Å². The number of nitrogens with two attached hydrogens (primary N) is 1. The molecule has 0 saturated carbocycles. The zero-order valence-corrected chi connectivity index (χ0v) is 10.7. The highest BCUT2D eigenvalue weighted by atomic mass is 16.5. The van der Waals surface area contributed by atoms with Gasteiger partial charge in [0.1, 0.15) is 11.3 Å². The summed E-state index contributed by atoms with van der Waals surface area (Å²) in [5.41, 5.74) is 6.81. The number of hydrogen-bond acceptors (Lipinski definition) is 3. The number of nitrogens with zero attached hydrogens (tertiary/aromatic N) is 1. The van der Waals surface area contributed by atoms with Crippen LogP contribution >= 0.6 is 0 Å². The minimum absolute atomic E-state index is 0.0726. The summed E-state index contributed by atoms with van der Waals surface area (Å²) >= 11 is 0. The first-order valence-electron chi connectivity index (χ1n) is 5.96. The maximum atomic E-state index is 12.3. The summed E-state index contributed by atoms with van der Waals surface area (Å²) in [4.78, 5) is 14.0. The second-order valence-corrected chi connectivity index (χ2v) is 3.63. The quantitative estimate of drug-likeness (QED) is 0.797. The first-order chi connectivity index (χ1) is 8.15. The number of ether oxygens (including phenoxy) is 1. The van der Waals surface area contributed by atoms with E-state index >= 15 is 0 Å². The molecule has 4 nitrogen and oxygen atoms in total. The molecule has 0 atom stereocenters. The molecular weight excluding hydrogens is 216 g/mol. The smallest absolute Gasteiger partial charge is 0.259 e. The lowest BCUT2D eigenvalue weighted by Gasteiger charge is -2.21. The molecule has 0 aliphatic heterocycles. The number of benzene rings is 1. The summed E-state index contributed by atoms with van der Waals surface area (Å²) in [7, 11) is 0. The lowest BCUT2D eigenvalue weighted by Crippen LogP contribution is -2.31. The third kappa shape index (κ3) is 2.90. The van der Waals surface area contributed by atoms with E-state index in [0.29, 0.717) is 36.7 Å². The highest BCUT2D eigenvalue weighted by molar-refractivity contribution is 6.01. The highest BCUT2D eigenvalue weighted by Gasteiger charge is 2.20. The predicted octanol–water partition coefficient (Wildman–Crippen LogP) is 2.15. The van der Waals surface area contributed by atoms with E-state index in [1.165, 1.54) is 0 Å². The summed E-state index contributed by atoms with van der Waals surface area (Å²) in [5, 5.41) is 0. The van der Waals surface area contributed by atoms with E-state index in [9.17, 15) is 4.79 Å². The Labute approximate surface area is 102 Å². The van der Waals surface area contributed by atoms with E-state index in [2.05, 4.69) is 0 Å². The molecule has 0 unspecified atom stereocenters. The molecule has 0 saturated heterocycles. The van der Waals surface area contributed by atoms with E-state index in [1.807, 2.05) is 20.8 Å². The predicted molar refractivity (Wildman–Crippen MR) is 69.3 cm³/mol. The second kappa shape index (κ2) is 6.13. The van der Waals surface area contributed by atoms with Crippen molar-refractivity contribution >= 4 is 11.6 Å². The first-order valence-corrected chi connectivity index (χ1v) is 5.96. The average molecular weight is 236 g/mol. The van der Waals surface area contributed by atoms with Crippen molar-refractivity contribution in [2.24, 2.45) is 0 Å². The first kappa shape index (κ1) is 13.4. The van der Waals surface area contributed by atoms with Crippen LogP contribution in [0.15, 0.2) is 18.2 Å². The van der Waals surface area contributed by atoms with Gasteiger partial charge in [-0.25, -0.2) is 0 Å². The van der Waals surface area contributed by atoms with Crippen LogP contribution < -0.4 is 10.5 Å². The Balaban J connectivity index is 3.14. The highest BCUT2D eigenvalue weighted by Crippen LogP contribution is 2.26. The molecule has 1 aromatic rings. The molecule has 17 heavy (non-hydrogen) atoms. The van der Waals surface area contributed by atoms with Gasteiger partial charge in [0.15, 0.2) is 0 Å². The molecular formula is C13H20N2O2. The SMILES string of the molecule is CCOc1cccc(N)c1C(=O)N(CC)CC. The van der Waals surface area contributed by atoms with Crippen LogP contribution in [0.3, 0.4) is 0 Å². The summed E-state index contributed by atoms with van der Waals surface area (Å²) in [6, 6.07) is 5.29. The van der Waals surface area contributed by atoms with E-state index in [0.717, 1.165) is 0 Å². The van der Waals surface area contributed by atoms with Crippen LogP contribution in [0.2, 0.25) is 0 Å². The number of amides is 1. The molecule has 0 aliphatic carbocycles. The molecule has 0 spiro atoms. The van der Waals surface area contributed by atoms with Gasteiger partial charge in [0.05, 0.1) is 6.61 Å². The van der Waals surface area contributed by atoms with Crippen LogP contribution in [-0.4, -0.2) is 30.5 Å². The van der Waals surface area contributed by atoms with Crippen molar-refractivity contribution in [2.45, 2.75) is 20.8 Å². The molecule has 1 aromatic carbocycles. The minimum Gasteiger partial charge on any atom is -0.493 e. The molecule has 2 N–H and O–H groups in total. The van der Waals surface area contributed by atoms with Gasteiger partial charge in [-0.2, -0.15) is 0 Å². The average Bonchev–Trinajstić information content (AvgIpc) is 2.31. The van der Waals surface area contributed by atoms with Gasteiger partial charge in [-0.3, -0.25) is 4.79 Å². The summed E-state index contributed by atoms with van der Waals surface area (Å²) < 4.78 is 5.45. The number of carbonyl (C=O) groups excluding carboxylic acids is 1. The van der Waals surface area contributed by atoms with Gasteiger partial charge in [-0.15, -0.1) is 0 Å². The number of nitrogen functional groups attached to an aromatic ring is 1. The number of hydrogen-bond donors (Lipinski definition) is 1. The molecule has 0 heterocycles. The largest absolute Gasteiger partial charge is 0.493 e. The van der Waals surface area contributed by atoms with Gasteiger partial charge in [-0.05, 0) is 32.9 Å². The van der Waals surface area contributed by atoms with E-state index in [4.69, 9.17) is 10.5 Å².